The second-order valence-electron chi connectivity index (χ2n) is 17.9. The highest BCUT2D eigenvalue weighted by atomic mass is 80.0. The number of ether oxygens (including phenoxy) is 7. The second-order valence-corrected chi connectivity index (χ2v) is 29.4. The van der Waals surface area contributed by atoms with E-state index >= 15 is 4.79 Å². The number of carbonyl (C=O) groups is 6. The summed E-state index contributed by atoms with van der Waals surface area (Å²) in [7, 11) is 0. The number of halogens is 9. The third kappa shape index (κ3) is 9.63. The zero-order valence-corrected chi connectivity index (χ0v) is 45.5. The van der Waals surface area contributed by atoms with Crippen molar-refractivity contribution in [1.82, 2.24) is 5.32 Å². The van der Waals surface area contributed by atoms with Crippen LogP contribution in [0.4, 0.5) is 0 Å². The van der Waals surface area contributed by atoms with Crippen LogP contribution < -0.4 is 5.32 Å². The molecule has 7 rings (SSSR count). The molecular weight excluding hydrogens is 1220 g/mol. The Bertz CT molecular complexity index is 2400. The van der Waals surface area contributed by atoms with Crippen molar-refractivity contribution in [3.63, 3.8) is 0 Å². The van der Waals surface area contributed by atoms with Crippen LogP contribution in [0.3, 0.4) is 0 Å². The minimum Gasteiger partial charge on any atom is -0.458 e. The van der Waals surface area contributed by atoms with Gasteiger partial charge in [-0.2, -0.15) is 0 Å². The lowest BCUT2D eigenvalue weighted by Crippen LogP contribution is -2.82. The quantitative estimate of drug-likeness (QED) is 0.111. The summed E-state index contributed by atoms with van der Waals surface area (Å²) in [6.45, 7) is 6.37. The normalized spacial score (nSPS) is 34.5. The van der Waals surface area contributed by atoms with E-state index < -0.39 is 142 Å². The van der Waals surface area contributed by atoms with Gasteiger partial charge in [0.15, 0.2) is 25.7 Å². The number of rotatable bonds is 8. The predicted molar refractivity (Wildman–Crippen MR) is 258 cm³/mol. The summed E-state index contributed by atoms with van der Waals surface area (Å²) in [5.41, 5.74) is -8.20. The molecule has 24 heteroatoms. The fraction of sp³-hybridized carbons (Fsp3) is 0.545. The Morgan fingerprint density at radius 3 is 1.94 bits per heavy atom. The number of benzene rings is 2. The predicted octanol–water partition coefficient (Wildman–Crippen LogP) is 8.37. The molecule has 2 saturated carbocycles. The van der Waals surface area contributed by atoms with Crippen molar-refractivity contribution in [3.05, 3.63) is 82.9 Å². The van der Waals surface area contributed by atoms with Crippen LogP contribution in [0.25, 0.3) is 0 Å². The van der Waals surface area contributed by atoms with Crippen molar-refractivity contribution in [2.24, 2.45) is 16.7 Å². The summed E-state index contributed by atoms with van der Waals surface area (Å²) in [5.74, 6) is -8.73. The van der Waals surface area contributed by atoms with Crippen molar-refractivity contribution in [2.45, 2.75) is 117 Å². The van der Waals surface area contributed by atoms with Crippen molar-refractivity contribution < 1.29 is 67.0 Å². The van der Waals surface area contributed by atoms with Gasteiger partial charge in [0.1, 0.15) is 36.2 Å². The van der Waals surface area contributed by atoms with Crippen LogP contribution in [0, 0.1) is 16.7 Å². The van der Waals surface area contributed by atoms with Gasteiger partial charge in [0.25, 0.3) is 7.59 Å². The van der Waals surface area contributed by atoms with Crippen molar-refractivity contribution in [1.29, 1.82) is 0 Å². The lowest BCUT2D eigenvalue weighted by molar-refractivity contribution is -0.346. The minimum atomic E-state index is -2.81. The molecule has 2 heterocycles. The van der Waals surface area contributed by atoms with Gasteiger partial charge in [-0.25, -0.2) is 19.2 Å². The molecule has 2 N–H and O–H groups in total. The van der Waals surface area contributed by atoms with E-state index in [1.807, 2.05) is 0 Å². The Morgan fingerprint density at radius 2 is 1.41 bits per heavy atom. The van der Waals surface area contributed by atoms with E-state index in [0.717, 1.165) is 6.92 Å². The molecule has 12 atom stereocenters. The van der Waals surface area contributed by atoms with Gasteiger partial charge in [0.2, 0.25) is 0 Å². The van der Waals surface area contributed by atoms with Crippen LogP contribution in [-0.2, 0) is 57.1 Å². The number of carbonyl (C=O) groups excluding carboxylic acids is 6. The number of fused-ring (bicyclic) bond motifs is 5. The van der Waals surface area contributed by atoms with E-state index in [2.05, 4.69) is 53.1 Å². The highest BCUT2D eigenvalue weighted by Crippen LogP contribution is 2.65. The molecule has 0 amide bonds. The topological polar surface area (TPSA) is 199 Å². The first-order valence-corrected chi connectivity index (χ1v) is 25.4. The Balaban J connectivity index is 1.49. The van der Waals surface area contributed by atoms with Crippen LogP contribution in [0.1, 0.15) is 69.4 Å². The molecule has 0 aromatic heterocycles. The molecule has 2 aromatic rings. The third-order valence-corrected chi connectivity index (χ3v) is 15.8. The Labute approximate surface area is 445 Å². The van der Waals surface area contributed by atoms with E-state index in [1.165, 1.54) is 39.8 Å². The number of nitrogens with one attached hydrogen (secondary N) is 1. The number of aliphatic hydroxyl groups is 1. The molecule has 0 radical (unpaired) electrons. The Kier molecular flexibility index (Phi) is 15.3. The van der Waals surface area contributed by atoms with Gasteiger partial charge >= 0.3 is 29.8 Å². The maximum absolute atomic E-state index is 16.2. The lowest BCUT2D eigenvalue weighted by Gasteiger charge is -2.67. The van der Waals surface area contributed by atoms with Gasteiger partial charge in [-0.15, -0.1) is 0 Å². The summed E-state index contributed by atoms with van der Waals surface area (Å²) in [4.78, 5) is 86.2. The second kappa shape index (κ2) is 19.2. The van der Waals surface area contributed by atoms with E-state index in [0.29, 0.717) is 5.56 Å². The number of hydrogen-bond donors (Lipinski definition) is 2. The molecule has 15 nitrogen and oxygen atoms in total. The maximum Gasteiger partial charge on any atom is 0.359 e. The molecule has 2 saturated heterocycles. The van der Waals surface area contributed by atoms with E-state index in [4.69, 9.17) is 103 Å². The number of Topliss-reactive ketones (excluding diaryl/α,β-unsaturated/α-hetero) is 1. The largest absolute Gasteiger partial charge is 0.458 e. The van der Waals surface area contributed by atoms with Gasteiger partial charge < -0.3 is 38.3 Å². The zero-order chi connectivity index (χ0) is 50.3. The fourth-order valence-corrected chi connectivity index (χ4v) is 11.4. The minimum absolute atomic E-state index is 0.00371. The van der Waals surface area contributed by atoms with Crippen LogP contribution in [-0.4, -0.2) is 111 Å². The molecule has 5 aliphatic rings. The highest BCUT2D eigenvalue weighted by Gasteiger charge is 2.79. The molecule has 3 aliphatic carbocycles. The number of esters is 5. The third-order valence-electron chi connectivity index (χ3n) is 13.7. The van der Waals surface area contributed by atoms with Crippen LogP contribution in [0.15, 0.2) is 71.8 Å². The molecule has 0 spiro atoms. The fourth-order valence-electron chi connectivity index (χ4n) is 10.4. The number of alkyl halides is 9. The van der Waals surface area contributed by atoms with E-state index in [9.17, 15) is 29.1 Å². The lowest BCUT2D eigenvalue weighted by atomic mass is 9.44. The zero-order valence-electron chi connectivity index (χ0n) is 36.2. The van der Waals surface area contributed by atoms with Crippen LogP contribution in [0.2, 0.25) is 0 Å². The summed E-state index contributed by atoms with van der Waals surface area (Å²) < 4.78 is 36.4. The van der Waals surface area contributed by atoms with Gasteiger partial charge in [-0.05, 0) is 42.7 Å². The molecule has 2 bridgehead atoms. The van der Waals surface area contributed by atoms with Gasteiger partial charge in [0.05, 0.1) is 29.5 Å². The average molecular weight is 1260 g/mol. The van der Waals surface area contributed by atoms with Crippen molar-refractivity contribution >= 4 is 153 Å². The molecule has 68 heavy (non-hydrogen) atoms. The molecule has 2 aromatic carbocycles. The standard InChI is InChI=1S/C44H42Br3Cl6NO14/c1-19-23(63-34(58)29-27(21-12-8-6-9-13-21)54-35(65-29)42(45,46)47)17-41(61)32(67-33(57)22-14-10-7-11-15-22)30-39(5,31(56)28(26(19)38(41,3)4)66-37(60)44(51,52)53)24(64-36(59)43(48,49)50)16-25-40(30,18-62-25)68-20(2)55/h6-15,23-25,27-30,32,35,54,61H,16-18H2,1-5H3/t23-,24-,25+,27+,28+,29?,30-,32-,35?,39+,40-,41+/m0/s1. The first kappa shape index (κ1) is 54.0. The summed E-state index contributed by atoms with van der Waals surface area (Å²) in [5, 5.41) is 17.3. The van der Waals surface area contributed by atoms with Gasteiger partial charge in [-0.3, -0.25) is 14.9 Å². The van der Waals surface area contributed by atoms with Crippen LogP contribution in [0.5, 0.6) is 0 Å². The monoisotopic (exact) mass is 1250 g/mol. The SMILES string of the molecule is CC(=O)O[C@@]12CO[C@@H]1C[C@H](OC(=O)C(Cl)(Cl)Cl)[C@@]1(C)C(=O)[C@H](OC(=O)C(Cl)(Cl)Cl)C3=C(C)[C@@H](OC(=O)C4OC(C(Br)(Br)Br)N[C@@H]4c4ccccc4)C[C@@](O)([C@@H](OC(=O)c4ccccc4)[C@H]21)C3(C)C. The molecular formula is C44H42Br3Cl6NO14. The summed E-state index contributed by atoms with van der Waals surface area (Å²) >= 11 is 46.7. The summed E-state index contributed by atoms with van der Waals surface area (Å²) in [6, 6.07) is 15.7. The maximum atomic E-state index is 16.2. The first-order valence-electron chi connectivity index (χ1n) is 20.7. The van der Waals surface area contributed by atoms with Crippen LogP contribution >= 0.6 is 117 Å². The Hall–Kier alpha value is -1.78. The van der Waals surface area contributed by atoms with E-state index in [1.54, 1.807) is 48.5 Å². The molecule has 370 valence electrons. The smallest absolute Gasteiger partial charge is 0.359 e. The van der Waals surface area contributed by atoms with Crippen molar-refractivity contribution in [2.75, 3.05) is 6.61 Å². The average Bonchev–Trinajstić information content (AvgIpc) is 3.71. The first-order chi connectivity index (χ1) is 31.4. The molecule has 2 unspecified atom stereocenters. The van der Waals surface area contributed by atoms with Crippen molar-refractivity contribution in [3.8, 4) is 0 Å². The highest BCUT2D eigenvalue weighted by molar-refractivity contribution is 9.39. The summed E-state index contributed by atoms with van der Waals surface area (Å²) in [6.07, 6.45) is -11.9. The van der Waals surface area contributed by atoms with Gasteiger partial charge in [0, 0.05) is 25.2 Å². The molecule has 2 aliphatic heterocycles. The van der Waals surface area contributed by atoms with Gasteiger partial charge in [-0.1, -0.05) is 180 Å². The molecule has 4 fully saturated rings. The van der Waals surface area contributed by atoms with E-state index in [-0.39, 0.29) is 16.7 Å². The number of ketones is 1. The Morgan fingerprint density at radius 1 is 0.838 bits per heavy atom. The number of hydrogen-bond acceptors (Lipinski definition) is 15.